The van der Waals surface area contributed by atoms with Crippen molar-refractivity contribution in [2.75, 3.05) is 0 Å². The molecule has 3 nitrogen and oxygen atoms in total. The fourth-order valence-electron chi connectivity index (χ4n) is 6.02. The molecule has 0 saturated heterocycles. The Morgan fingerprint density at radius 3 is 2.07 bits per heavy atom. The van der Waals surface area contributed by atoms with Crippen LogP contribution in [0, 0.1) is 17.8 Å². The molecule has 4 saturated carbocycles. The minimum Gasteiger partial charge on any atom is -0.489 e. The maximum absolute atomic E-state index is 12.9. The zero-order chi connectivity index (χ0) is 18.3. The molecule has 3 heteroatoms. The average Bonchev–Trinajstić information content (AvgIpc) is 2.66. The number of hydrogen-bond donors (Lipinski definition) is 1. The molecule has 1 amide bonds. The Morgan fingerprint density at radius 2 is 1.48 bits per heavy atom. The highest BCUT2D eigenvalue weighted by Gasteiger charge is 2.51. The molecule has 4 aliphatic rings. The van der Waals surface area contributed by atoms with Gasteiger partial charge >= 0.3 is 0 Å². The van der Waals surface area contributed by atoms with Gasteiger partial charge in [0.1, 0.15) is 12.4 Å². The molecule has 1 N–H and O–H groups in total. The number of ether oxygens (including phenoxy) is 1. The van der Waals surface area contributed by atoms with Crippen LogP contribution in [0.1, 0.15) is 54.4 Å². The van der Waals surface area contributed by atoms with Gasteiger partial charge in [0.15, 0.2) is 0 Å². The van der Waals surface area contributed by atoms with Gasteiger partial charge < -0.3 is 10.1 Å². The van der Waals surface area contributed by atoms with Gasteiger partial charge in [0.05, 0.1) is 0 Å². The lowest BCUT2D eigenvalue weighted by Gasteiger charge is -2.56. The third kappa shape index (κ3) is 3.47. The van der Waals surface area contributed by atoms with Crippen LogP contribution in [0.4, 0.5) is 0 Å². The summed E-state index contributed by atoms with van der Waals surface area (Å²) in [5, 5.41) is 3.44. The highest BCUT2D eigenvalue weighted by molar-refractivity contribution is 5.94. The lowest BCUT2D eigenvalue weighted by atomic mass is 9.53. The monoisotopic (exact) mass is 361 g/mol. The van der Waals surface area contributed by atoms with E-state index in [0.29, 0.717) is 6.61 Å². The summed E-state index contributed by atoms with van der Waals surface area (Å²) in [5.74, 6) is 3.39. The van der Waals surface area contributed by atoms with Gasteiger partial charge in [0.25, 0.3) is 5.91 Å². The molecule has 2 aromatic rings. The summed E-state index contributed by atoms with van der Waals surface area (Å²) in [6.07, 6.45) is 7.72. The van der Waals surface area contributed by atoms with E-state index in [1.165, 1.54) is 38.5 Å². The molecule has 0 heterocycles. The van der Waals surface area contributed by atoms with Gasteiger partial charge in [-0.3, -0.25) is 4.79 Å². The molecule has 0 radical (unpaired) electrons. The van der Waals surface area contributed by atoms with Crippen molar-refractivity contribution in [2.24, 2.45) is 17.8 Å². The zero-order valence-electron chi connectivity index (χ0n) is 15.7. The molecule has 2 aromatic carbocycles. The molecule has 27 heavy (non-hydrogen) atoms. The Morgan fingerprint density at radius 1 is 0.889 bits per heavy atom. The van der Waals surface area contributed by atoms with E-state index in [4.69, 9.17) is 4.74 Å². The minimum absolute atomic E-state index is 0.0638. The molecule has 0 unspecified atom stereocenters. The van der Waals surface area contributed by atoms with Crippen LogP contribution < -0.4 is 10.1 Å². The first-order chi connectivity index (χ1) is 13.2. The van der Waals surface area contributed by atoms with Crippen LogP contribution in [0.3, 0.4) is 0 Å². The first-order valence-electron chi connectivity index (χ1n) is 10.3. The number of nitrogens with one attached hydrogen (secondary N) is 1. The Balaban J connectivity index is 1.22. The van der Waals surface area contributed by atoms with E-state index in [0.717, 1.165) is 34.6 Å². The molecular weight excluding hydrogens is 334 g/mol. The maximum atomic E-state index is 12.9. The summed E-state index contributed by atoms with van der Waals surface area (Å²) in [4.78, 5) is 12.9. The molecular formula is C24H27NO2. The topological polar surface area (TPSA) is 38.3 Å². The van der Waals surface area contributed by atoms with Gasteiger partial charge in [-0.2, -0.15) is 0 Å². The molecule has 4 aliphatic carbocycles. The summed E-state index contributed by atoms with van der Waals surface area (Å²) in [7, 11) is 0. The van der Waals surface area contributed by atoms with Crippen LogP contribution in [0.5, 0.6) is 5.75 Å². The van der Waals surface area contributed by atoms with E-state index in [-0.39, 0.29) is 11.4 Å². The van der Waals surface area contributed by atoms with Crippen molar-refractivity contribution in [1.29, 1.82) is 0 Å². The van der Waals surface area contributed by atoms with Crippen molar-refractivity contribution in [3.63, 3.8) is 0 Å². The Hall–Kier alpha value is -2.29. The standard InChI is InChI=1S/C24H27NO2/c26-23(25-24-13-18-10-19(14-24)12-20(11-18)15-24)21-6-8-22(9-7-21)27-16-17-4-2-1-3-5-17/h1-9,18-20H,10-16H2,(H,25,26). The molecule has 140 valence electrons. The number of amides is 1. The predicted octanol–water partition coefficient (Wildman–Crippen LogP) is 4.96. The van der Waals surface area contributed by atoms with Crippen LogP contribution in [0.15, 0.2) is 54.6 Å². The highest BCUT2D eigenvalue weighted by Crippen LogP contribution is 2.55. The normalized spacial score (nSPS) is 30.9. The first kappa shape index (κ1) is 16.9. The fraction of sp³-hybridized carbons (Fsp3) is 0.458. The number of rotatable bonds is 5. The quantitative estimate of drug-likeness (QED) is 0.817. The van der Waals surface area contributed by atoms with Crippen molar-refractivity contribution in [1.82, 2.24) is 5.32 Å². The lowest BCUT2D eigenvalue weighted by Crippen LogP contribution is -2.59. The summed E-state index contributed by atoms with van der Waals surface area (Å²) < 4.78 is 5.83. The summed E-state index contributed by atoms with van der Waals surface area (Å²) >= 11 is 0. The van der Waals surface area contributed by atoms with Crippen molar-refractivity contribution in [2.45, 2.75) is 50.7 Å². The van der Waals surface area contributed by atoms with Gasteiger partial charge in [-0.05, 0) is 86.1 Å². The van der Waals surface area contributed by atoms with Crippen LogP contribution >= 0.6 is 0 Å². The molecule has 6 rings (SSSR count). The van der Waals surface area contributed by atoms with Crippen LogP contribution in [0.2, 0.25) is 0 Å². The minimum atomic E-state index is 0.0638. The molecule has 4 bridgehead atoms. The van der Waals surface area contributed by atoms with Crippen LogP contribution in [-0.2, 0) is 6.61 Å². The Kier molecular flexibility index (Phi) is 4.18. The lowest BCUT2D eigenvalue weighted by molar-refractivity contribution is -0.0167. The second kappa shape index (κ2) is 6.70. The van der Waals surface area contributed by atoms with Crippen molar-refractivity contribution < 1.29 is 9.53 Å². The second-order valence-electron chi connectivity index (χ2n) is 8.95. The third-order valence-corrected chi connectivity index (χ3v) is 6.78. The summed E-state index contributed by atoms with van der Waals surface area (Å²) in [5.41, 5.74) is 1.94. The number of carbonyl (C=O) groups excluding carboxylic acids is 1. The predicted molar refractivity (Wildman–Crippen MR) is 106 cm³/mol. The largest absolute Gasteiger partial charge is 0.489 e. The van der Waals surface area contributed by atoms with Gasteiger partial charge in [0.2, 0.25) is 0 Å². The van der Waals surface area contributed by atoms with Crippen molar-refractivity contribution in [3.8, 4) is 5.75 Å². The Bertz CT molecular complexity index is 777. The van der Waals surface area contributed by atoms with E-state index in [9.17, 15) is 4.79 Å². The van der Waals surface area contributed by atoms with Gasteiger partial charge in [-0.25, -0.2) is 0 Å². The smallest absolute Gasteiger partial charge is 0.251 e. The maximum Gasteiger partial charge on any atom is 0.251 e. The molecule has 0 atom stereocenters. The van der Waals surface area contributed by atoms with Crippen LogP contribution in [0.25, 0.3) is 0 Å². The number of benzene rings is 2. The van der Waals surface area contributed by atoms with E-state index in [1.807, 2.05) is 54.6 Å². The summed E-state index contributed by atoms with van der Waals surface area (Å²) in [6, 6.07) is 17.7. The van der Waals surface area contributed by atoms with Crippen LogP contribution in [-0.4, -0.2) is 11.4 Å². The first-order valence-corrected chi connectivity index (χ1v) is 10.3. The van der Waals surface area contributed by atoms with Crippen molar-refractivity contribution in [3.05, 3.63) is 65.7 Å². The summed E-state index contributed by atoms with van der Waals surface area (Å²) in [6.45, 7) is 0.541. The average molecular weight is 361 g/mol. The third-order valence-electron chi connectivity index (χ3n) is 6.78. The van der Waals surface area contributed by atoms with E-state index in [1.54, 1.807) is 0 Å². The highest BCUT2D eigenvalue weighted by atomic mass is 16.5. The molecule has 4 fully saturated rings. The second-order valence-corrected chi connectivity index (χ2v) is 8.95. The molecule has 0 aromatic heterocycles. The SMILES string of the molecule is O=C(NC12CC3CC(CC(C3)C1)C2)c1ccc(OCc2ccccc2)cc1. The van der Waals surface area contributed by atoms with Crippen molar-refractivity contribution >= 4 is 5.91 Å². The molecule has 0 spiro atoms. The Labute approximate surface area is 161 Å². The van der Waals surface area contributed by atoms with Gasteiger partial charge in [-0.15, -0.1) is 0 Å². The zero-order valence-corrected chi connectivity index (χ0v) is 15.7. The van der Waals surface area contributed by atoms with E-state index >= 15 is 0 Å². The van der Waals surface area contributed by atoms with Gasteiger partial charge in [-0.1, -0.05) is 30.3 Å². The molecule has 0 aliphatic heterocycles. The number of hydrogen-bond acceptors (Lipinski definition) is 2. The number of carbonyl (C=O) groups is 1. The van der Waals surface area contributed by atoms with E-state index in [2.05, 4.69) is 5.32 Å². The van der Waals surface area contributed by atoms with E-state index < -0.39 is 0 Å². The fourth-order valence-corrected chi connectivity index (χ4v) is 6.02. The van der Waals surface area contributed by atoms with Gasteiger partial charge in [0, 0.05) is 11.1 Å².